The fraction of sp³-hybridized carbons (Fsp3) is 0.759. The Hall–Kier alpha value is -1.79. The molecule has 2 aromatic rings. The van der Waals surface area contributed by atoms with Crippen molar-refractivity contribution in [3.05, 3.63) is 24.3 Å². The summed E-state index contributed by atoms with van der Waals surface area (Å²) < 4.78 is 7.70. The second-order valence-electron chi connectivity index (χ2n) is 12.9. The smallest absolute Gasteiger partial charge is 0.157 e. The minimum atomic E-state index is -0.533. The lowest BCUT2D eigenvalue weighted by Crippen LogP contribution is -2.58. The van der Waals surface area contributed by atoms with Gasteiger partial charge in [0.2, 0.25) is 0 Å². The molecule has 8 unspecified atom stereocenters. The fourth-order valence-electron chi connectivity index (χ4n) is 9.60. The van der Waals surface area contributed by atoms with Crippen molar-refractivity contribution in [2.45, 2.75) is 83.8 Å². The average Bonchev–Trinajstić information content (AvgIpc) is 3.40. The molecule has 0 radical (unpaired) electrons. The number of hydrogen-bond donors (Lipinski definition) is 1. The molecule has 4 aliphatic rings. The topological polar surface area (TPSA) is 77.2 Å². The lowest BCUT2D eigenvalue weighted by Gasteiger charge is -2.62. The fourth-order valence-corrected chi connectivity index (χ4v) is 9.60. The Morgan fingerprint density at radius 2 is 1.91 bits per heavy atom. The quantitative estimate of drug-likeness (QED) is 0.650. The first-order valence-corrected chi connectivity index (χ1v) is 13.8. The third-order valence-electron chi connectivity index (χ3n) is 11.2. The number of rotatable bonds is 5. The summed E-state index contributed by atoms with van der Waals surface area (Å²) in [7, 11) is 1.85. The molecule has 190 valence electrons. The number of benzene rings is 1. The van der Waals surface area contributed by atoms with Crippen LogP contribution in [0.4, 0.5) is 0 Å². The van der Waals surface area contributed by atoms with Crippen molar-refractivity contribution in [3.63, 3.8) is 0 Å². The lowest BCUT2D eigenvalue weighted by atomic mass is 9.43. The van der Waals surface area contributed by atoms with E-state index < -0.39 is 5.60 Å². The number of hydrogen-bond acceptors (Lipinski definition) is 5. The molecule has 0 aliphatic heterocycles. The number of methoxy groups -OCH3 is 1. The van der Waals surface area contributed by atoms with Crippen LogP contribution in [0.1, 0.15) is 71.6 Å². The van der Waals surface area contributed by atoms with Gasteiger partial charge in [-0.2, -0.15) is 0 Å². The number of Topliss-reactive ketones (excluding diaryl/α,β-unsaturated/α-hetero) is 1. The summed E-state index contributed by atoms with van der Waals surface area (Å²) in [4.78, 5) is 13.7. The van der Waals surface area contributed by atoms with Crippen LogP contribution in [0.2, 0.25) is 0 Å². The maximum absolute atomic E-state index is 13.7. The van der Waals surface area contributed by atoms with Gasteiger partial charge in [0, 0.05) is 13.0 Å². The number of ketones is 1. The van der Waals surface area contributed by atoms with Crippen LogP contribution in [0.5, 0.6) is 0 Å². The molecule has 0 bridgehead atoms. The van der Waals surface area contributed by atoms with Gasteiger partial charge in [-0.3, -0.25) is 4.79 Å². The molecule has 0 spiro atoms. The molecule has 6 heteroatoms. The summed E-state index contributed by atoms with van der Waals surface area (Å²) in [6.45, 7) is 5.59. The van der Waals surface area contributed by atoms with Crippen LogP contribution in [0, 0.1) is 40.4 Å². The van der Waals surface area contributed by atoms with E-state index in [4.69, 9.17) is 4.74 Å². The highest BCUT2D eigenvalue weighted by Gasteiger charge is 2.63. The van der Waals surface area contributed by atoms with Crippen molar-refractivity contribution < 1.29 is 14.6 Å². The monoisotopic (exact) mass is 479 g/mol. The number of carbonyl (C=O) groups is 1. The maximum atomic E-state index is 13.7. The van der Waals surface area contributed by atoms with Crippen LogP contribution in [-0.4, -0.2) is 45.2 Å². The highest BCUT2D eigenvalue weighted by Crippen LogP contribution is 2.68. The van der Waals surface area contributed by atoms with E-state index >= 15 is 0 Å². The zero-order chi connectivity index (χ0) is 24.4. The minimum absolute atomic E-state index is 0.0793. The summed E-state index contributed by atoms with van der Waals surface area (Å²) in [5, 5.41) is 19.4. The van der Waals surface area contributed by atoms with Gasteiger partial charge in [-0.15, -0.1) is 5.10 Å². The van der Waals surface area contributed by atoms with Crippen LogP contribution in [-0.2, 0) is 16.1 Å². The van der Waals surface area contributed by atoms with E-state index in [-0.39, 0.29) is 16.7 Å². The molecule has 1 aromatic heterocycles. The molecular weight excluding hydrogens is 438 g/mol. The third kappa shape index (κ3) is 3.61. The van der Waals surface area contributed by atoms with Crippen LogP contribution in [0.25, 0.3) is 11.0 Å². The second kappa shape index (κ2) is 8.37. The normalized spacial score (nSPS) is 42.9. The van der Waals surface area contributed by atoms with Crippen molar-refractivity contribution in [2.75, 3.05) is 13.7 Å². The molecule has 6 nitrogen and oxygen atoms in total. The van der Waals surface area contributed by atoms with Crippen molar-refractivity contribution in [3.8, 4) is 0 Å². The number of nitrogens with zero attached hydrogens (tertiary/aromatic N) is 3. The SMILES string of the molecule is COCC12CCC(C)(O)CC1CCC1C3CCC(C(=O)Cn4nnc5ccccc54)C3(C)CCC12. The molecule has 0 saturated heterocycles. The number of ether oxygens (including phenoxy) is 1. The largest absolute Gasteiger partial charge is 0.390 e. The van der Waals surface area contributed by atoms with Gasteiger partial charge >= 0.3 is 0 Å². The number of fused-ring (bicyclic) bond motifs is 6. The molecular formula is C29H41N3O3. The van der Waals surface area contributed by atoms with Gasteiger partial charge < -0.3 is 9.84 Å². The Balaban J connectivity index is 1.24. The molecule has 4 saturated carbocycles. The summed E-state index contributed by atoms with van der Waals surface area (Å²) in [6.07, 6.45) is 9.79. The molecule has 35 heavy (non-hydrogen) atoms. The molecule has 6 rings (SSSR count). The van der Waals surface area contributed by atoms with E-state index in [1.807, 2.05) is 38.3 Å². The molecule has 1 heterocycles. The molecule has 0 amide bonds. The van der Waals surface area contributed by atoms with E-state index in [0.29, 0.717) is 36.0 Å². The summed E-state index contributed by atoms with van der Waals surface area (Å²) in [5.41, 5.74) is 1.54. The predicted octanol–water partition coefficient (Wildman–Crippen LogP) is 5.04. The first-order valence-electron chi connectivity index (χ1n) is 13.8. The molecule has 1 aromatic carbocycles. The molecule has 8 atom stereocenters. The number of para-hydroxylation sites is 1. The van der Waals surface area contributed by atoms with Crippen molar-refractivity contribution in [2.24, 2.45) is 40.4 Å². The molecule has 4 aliphatic carbocycles. The Morgan fingerprint density at radius 1 is 1.09 bits per heavy atom. The highest BCUT2D eigenvalue weighted by atomic mass is 16.5. The summed E-state index contributed by atoms with van der Waals surface area (Å²) in [5.74, 6) is 2.94. The molecule has 1 N–H and O–H groups in total. The van der Waals surface area contributed by atoms with E-state index in [1.165, 1.54) is 19.3 Å². The van der Waals surface area contributed by atoms with E-state index in [9.17, 15) is 9.90 Å². The third-order valence-corrected chi connectivity index (χ3v) is 11.2. The highest BCUT2D eigenvalue weighted by molar-refractivity contribution is 5.84. The number of carbonyl (C=O) groups excluding carboxylic acids is 1. The van der Waals surface area contributed by atoms with Crippen molar-refractivity contribution in [1.29, 1.82) is 0 Å². The molecule has 4 fully saturated rings. The van der Waals surface area contributed by atoms with Crippen LogP contribution >= 0.6 is 0 Å². The summed E-state index contributed by atoms with van der Waals surface area (Å²) >= 11 is 0. The first-order chi connectivity index (χ1) is 16.8. The predicted molar refractivity (Wildman–Crippen MR) is 135 cm³/mol. The van der Waals surface area contributed by atoms with E-state index in [1.54, 1.807) is 4.68 Å². The van der Waals surface area contributed by atoms with Crippen LogP contribution < -0.4 is 0 Å². The van der Waals surface area contributed by atoms with Crippen molar-refractivity contribution >= 4 is 16.8 Å². The van der Waals surface area contributed by atoms with E-state index in [2.05, 4.69) is 17.2 Å². The number of aliphatic hydroxyl groups is 1. The van der Waals surface area contributed by atoms with Gasteiger partial charge in [-0.1, -0.05) is 24.3 Å². The Morgan fingerprint density at radius 3 is 2.74 bits per heavy atom. The Kier molecular flexibility index (Phi) is 5.65. The first kappa shape index (κ1) is 23.6. The average molecular weight is 480 g/mol. The summed E-state index contributed by atoms with van der Waals surface area (Å²) in [6, 6.07) is 7.90. The van der Waals surface area contributed by atoms with Crippen molar-refractivity contribution in [1.82, 2.24) is 15.0 Å². The van der Waals surface area contributed by atoms with Crippen LogP contribution in [0.3, 0.4) is 0 Å². The zero-order valence-electron chi connectivity index (χ0n) is 21.6. The second-order valence-corrected chi connectivity index (χ2v) is 12.9. The van der Waals surface area contributed by atoms with Gasteiger partial charge in [0.05, 0.1) is 17.7 Å². The van der Waals surface area contributed by atoms with Gasteiger partial charge in [0.15, 0.2) is 5.78 Å². The van der Waals surface area contributed by atoms with Gasteiger partial charge in [0.1, 0.15) is 12.1 Å². The Labute approximate surface area is 208 Å². The number of aromatic nitrogens is 3. The van der Waals surface area contributed by atoms with Gasteiger partial charge in [0.25, 0.3) is 0 Å². The Bertz CT molecular complexity index is 1110. The zero-order valence-corrected chi connectivity index (χ0v) is 21.6. The minimum Gasteiger partial charge on any atom is -0.390 e. The van der Waals surface area contributed by atoms with Gasteiger partial charge in [-0.25, -0.2) is 4.68 Å². The lowest BCUT2D eigenvalue weighted by molar-refractivity contribution is -0.175. The standard InChI is InChI=1S/C29H41N3O3/c1-27(34)14-15-29(18-35-3)19(16-27)8-9-20-21-10-11-23(28(21,2)13-12-22(20)29)26(33)17-32-25-7-5-4-6-24(25)30-31-32/h4-7,19-23,34H,8-18H2,1-3H3. The van der Waals surface area contributed by atoms with Gasteiger partial charge in [-0.05, 0) is 111 Å². The van der Waals surface area contributed by atoms with Crippen LogP contribution in [0.15, 0.2) is 24.3 Å². The van der Waals surface area contributed by atoms with E-state index in [0.717, 1.165) is 56.2 Å². The maximum Gasteiger partial charge on any atom is 0.157 e.